The van der Waals surface area contributed by atoms with E-state index in [2.05, 4.69) is 43.2 Å². The first-order valence-electron chi connectivity index (χ1n) is 6.76. The summed E-state index contributed by atoms with van der Waals surface area (Å²) < 4.78 is 2.32. The second-order valence-electron chi connectivity index (χ2n) is 5.54. The van der Waals surface area contributed by atoms with Gasteiger partial charge in [0.25, 0.3) is 5.91 Å². The summed E-state index contributed by atoms with van der Waals surface area (Å²) in [6.45, 7) is 3.32. The molecule has 0 spiro atoms. The average Bonchev–Trinajstić information content (AvgIpc) is 3.15. The van der Waals surface area contributed by atoms with Gasteiger partial charge in [0, 0.05) is 39.7 Å². The highest BCUT2D eigenvalue weighted by Crippen LogP contribution is 2.29. The largest absolute Gasteiger partial charge is 0.346 e. The number of amides is 1. The van der Waals surface area contributed by atoms with Crippen LogP contribution < -0.4 is 5.32 Å². The van der Waals surface area contributed by atoms with Gasteiger partial charge in [-0.05, 0) is 47.5 Å². The van der Waals surface area contributed by atoms with Gasteiger partial charge in [0.2, 0.25) is 0 Å². The van der Waals surface area contributed by atoms with Crippen LogP contribution in [0.4, 0.5) is 0 Å². The Bertz CT molecular complexity index is 686. The lowest BCUT2D eigenvalue weighted by Gasteiger charge is -2.22. The normalized spacial score (nSPS) is 28.1. The summed E-state index contributed by atoms with van der Waals surface area (Å²) >= 11 is 3.97. The summed E-state index contributed by atoms with van der Waals surface area (Å²) in [4.78, 5) is 19.1. The molecule has 4 rings (SSSR count). The molecule has 1 N–H and O–H groups in total. The Morgan fingerprint density at radius 2 is 2.40 bits per heavy atom. The van der Waals surface area contributed by atoms with Gasteiger partial charge in [0.05, 0.1) is 4.70 Å². The summed E-state index contributed by atoms with van der Waals surface area (Å²) in [5.41, 5.74) is 0.534. The van der Waals surface area contributed by atoms with Gasteiger partial charge < -0.3 is 10.2 Å². The van der Waals surface area contributed by atoms with Crippen molar-refractivity contribution in [1.29, 1.82) is 0 Å². The molecule has 2 aromatic rings. The number of rotatable bonds is 2. The van der Waals surface area contributed by atoms with Crippen molar-refractivity contribution < 1.29 is 4.79 Å². The van der Waals surface area contributed by atoms with Crippen LogP contribution in [-0.4, -0.2) is 41.5 Å². The number of carbonyl (C=O) groups excluding carboxylic acids is 1. The van der Waals surface area contributed by atoms with Crippen molar-refractivity contribution in [2.24, 2.45) is 5.92 Å². The lowest BCUT2D eigenvalue weighted by Crippen LogP contribution is -2.43. The molecule has 6 heteroatoms. The quantitative estimate of drug-likeness (QED) is 0.789. The predicted molar refractivity (Wildman–Crippen MR) is 88.1 cm³/mol. The second kappa shape index (κ2) is 4.92. The molecule has 2 saturated heterocycles. The Labute approximate surface area is 134 Å². The van der Waals surface area contributed by atoms with Crippen LogP contribution in [0.5, 0.6) is 0 Å². The summed E-state index contributed by atoms with van der Waals surface area (Å²) in [5.74, 6) is 0.594. The van der Waals surface area contributed by atoms with Gasteiger partial charge >= 0.3 is 0 Å². The van der Waals surface area contributed by atoms with Crippen LogP contribution >= 0.6 is 33.9 Å². The molecule has 4 nitrogen and oxygen atoms in total. The van der Waals surface area contributed by atoms with Crippen LogP contribution in [-0.2, 0) is 0 Å². The molecular formula is C14H14IN3OS. The molecule has 4 heterocycles. The fraction of sp³-hybridized carbons (Fsp3) is 0.429. The van der Waals surface area contributed by atoms with E-state index in [4.69, 9.17) is 0 Å². The highest BCUT2D eigenvalue weighted by atomic mass is 127. The average molecular weight is 399 g/mol. The van der Waals surface area contributed by atoms with E-state index in [0.29, 0.717) is 17.7 Å². The van der Waals surface area contributed by atoms with E-state index in [1.807, 2.05) is 6.07 Å². The number of thiophene rings is 1. The molecule has 20 heavy (non-hydrogen) atoms. The maximum atomic E-state index is 12.4. The number of carbonyl (C=O) groups is 1. The molecule has 2 bridgehead atoms. The monoisotopic (exact) mass is 399 g/mol. The van der Waals surface area contributed by atoms with Crippen LogP contribution in [0.1, 0.15) is 16.9 Å². The molecule has 2 aliphatic heterocycles. The third-order valence-electron chi connectivity index (χ3n) is 4.30. The van der Waals surface area contributed by atoms with E-state index in [0.717, 1.165) is 23.2 Å². The van der Waals surface area contributed by atoms with Crippen molar-refractivity contribution >= 4 is 49.9 Å². The molecule has 104 valence electrons. The van der Waals surface area contributed by atoms with Crippen molar-refractivity contribution in [2.75, 3.05) is 19.6 Å². The Morgan fingerprint density at radius 3 is 3.15 bits per heavy atom. The first kappa shape index (κ1) is 13.0. The number of pyridine rings is 1. The third kappa shape index (κ3) is 2.14. The summed E-state index contributed by atoms with van der Waals surface area (Å²) in [6.07, 6.45) is 3.02. The maximum Gasteiger partial charge on any atom is 0.270 e. The number of aromatic nitrogens is 1. The topological polar surface area (TPSA) is 45.2 Å². The highest BCUT2D eigenvalue weighted by Gasteiger charge is 2.38. The molecule has 2 fully saturated rings. The molecular weight excluding hydrogens is 385 g/mol. The molecule has 3 atom stereocenters. The smallest absolute Gasteiger partial charge is 0.270 e. The standard InChI is InChI=1S/C14H14IN3OS/c15-10-7-20-13-4-16-11(3-9(10)13)14(19)17-12-6-18-2-1-8(12)5-18/h3-4,7-8,12H,1-2,5-6H2,(H,17,19). The lowest BCUT2D eigenvalue weighted by molar-refractivity contribution is 0.0919. The van der Waals surface area contributed by atoms with Crippen LogP contribution in [0.2, 0.25) is 0 Å². The SMILES string of the molecule is O=C(NC1CN2CCC1C2)c1cc2c(I)csc2cn1. The van der Waals surface area contributed by atoms with Gasteiger partial charge in [0.15, 0.2) is 0 Å². The lowest BCUT2D eigenvalue weighted by atomic mass is 10.00. The Kier molecular flexibility index (Phi) is 3.19. The molecule has 0 aliphatic carbocycles. The van der Waals surface area contributed by atoms with Gasteiger partial charge in [0.1, 0.15) is 5.69 Å². The van der Waals surface area contributed by atoms with Gasteiger partial charge in [-0.3, -0.25) is 4.79 Å². The fourth-order valence-electron chi connectivity index (χ4n) is 3.22. The van der Waals surface area contributed by atoms with Gasteiger partial charge in [-0.25, -0.2) is 4.98 Å². The summed E-state index contributed by atoms with van der Waals surface area (Å²) in [6, 6.07) is 2.21. The summed E-state index contributed by atoms with van der Waals surface area (Å²) in [5, 5.41) is 6.39. The van der Waals surface area contributed by atoms with E-state index in [1.54, 1.807) is 17.5 Å². The van der Waals surface area contributed by atoms with Crippen LogP contribution in [0.25, 0.3) is 10.1 Å². The predicted octanol–water partition coefficient (Wildman–Crippen LogP) is 2.33. The number of piperidine rings is 1. The van der Waals surface area contributed by atoms with E-state index in [-0.39, 0.29) is 5.91 Å². The number of nitrogens with zero attached hydrogens (tertiary/aromatic N) is 2. The van der Waals surface area contributed by atoms with Crippen molar-refractivity contribution in [1.82, 2.24) is 15.2 Å². The van der Waals surface area contributed by atoms with Crippen molar-refractivity contribution in [3.05, 3.63) is 26.9 Å². The zero-order valence-electron chi connectivity index (χ0n) is 10.8. The van der Waals surface area contributed by atoms with Crippen molar-refractivity contribution in [3.63, 3.8) is 0 Å². The number of halogens is 1. The minimum absolute atomic E-state index is 0.0346. The van der Waals surface area contributed by atoms with Crippen molar-refractivity contribution in [2.45, 2.75) is 12.5 Å². The number of hydrogen-bond acceptors (Lipinski definition) is 4. The number of fused-ring (bicyclic) bond motifs is 3. The van der Waals surface area contributed by atoms with E-state index in [1.165, 1.54) is 16.5 Å². The molecule has 0 saturated carbocycles. The molecule has 1 amide bonds. The highest BCUT2D eigenvalue weighted by molar-refractivity contribution is 14.1. The van der Waals surface area contributed by atoms with E-state index < -0.39 is 0 Å². The minimum Gasteiger partial charge on any atom is -0.346 e. The van der Waals surface area contributed by atoms with Gasteiger partial charge in [-0.1, -0.05) is 0 Å². The Hall–Kier alpha value is -0.730. The minimum atomic E-state index is -0.0346. The van der Waals surface area contributed by atoms with E-state index >= 15 is 0 Å². The maximum absolute atomic E-state index is 12.4. The zero-order valence-corrected chi connectivity index (χ0v) is 13.8. The summed E-state index contributed by atoms with van der Waals surface area (Å²) in [7, 11) is 0. The first-order chi connectivity index (χ1) is 9.70. The van der Waals surface area contributed by atoms with E-state index in [9.17, 15) is 4.79 Å². The third-order valence-corrected chi connectivity index (χ3v) is 6.54. The molecule has 2 aromatic heterocycles. The molecule has 2 aliphatic rings. The number of nitrogens with one attached hydrogen (secondary N) is 1. The van der Waals surface area contributed by atoms with Crippen LogP contribution in [0.15, 0.2) is 17.6 Å². The van der Waals surface area contributed by atoms with Crippen molar-refractivity contribution in [3.8, 4) is 0 Å². The Balaban J connectivity index is 1.56. The van der Waals surface area contributed by atoms with Gasteiger partial charge in [-0.15, -0.1) is 11.3 Å². The van der Waals surface area contributed by atoms with Crippen LogP contribution in [0, 0.1) is 9.49 Å². The van der Waals surface area contributed by atoms with Crippen LogP contribution in [0.3, 0.4) is 0 Å². The molecule has 0 radical (unpaired) electrons. The fourth-order valence-corrected chi connectivity index (χ4v) is 4.99. The first-order valence-corrected chi connectivity index (χ1v) is 8.72. The Morgan fingerprint density at radius 1 is 1.50 bits per heavy atom. The number of hydrogen-bond donors (Lipinski definition) is 1. The molecule has 0 aromatic carbocycles. The van der Waals surface area contributed by atoms with Gasteiger partial charge in [-0.2, -0.15) is 0 Å². The molecule has 3 unspecified atom stereocenters. The second-order valence-corrected chi connectivity index (χ2v) is 7.61. The zero-order chi connectivity index (χ0) is 13.7.